The number of piperidine rings is 1. The molecule has 144 valence electrons. The molecule has 0 unspecified atom stereocenters. The number of fused-ring (bicyclic) bond motifs is 3. The van der Waals surface area contributed by atoms with Crippen molar-refractivity contribution < 1.29 is 4.79 Å². The number of likely N-dealkylation sites (tertiary alicyclic amines) is 1. The normalized spacial score (nSPS) is 15.9. The largest absolute Gasteiger partial charge is 0.303 e. The Balaban J connectivity index is 0.00000210. The quantitative estimate of drug-likeness (QED) is 0.522. The molecule has 4 rings (SSSR count). The number of unbranched alkanes of at least 4 members (excludes halogenated alkanes) is 1. The number of benzene rings is 2. The van der Waals surface area contributed by atoms with E-state index in [1.54, 1.807) is 0 Å². The molecule has 2 aromatic carbocycles. The van der Waals surface area contributed by atoms with Gasteiger partial charge in [-0.15, -0.1) is 12.4 Å². The fraction of sp³-hybridized carbons (Fsp3) is 0.435. The molecule has 1 aromatic heterocycles. The summed E-state index contributed by atoms with van der Waals surface area (Å²) in [5.74, 6) is 1.10. The van der Waals surface area contributed by atoms with Crippen LogP contribution in [-0.2, 0) is 0 Å². The van der Waals surface area contributed by atoms with Crippen molar-refractivity contribution >= 4 is 40.1 Å². The molecule has 0 spiro atoms. The molecule has 0 amide bonds. The highest BCUT2D eigenvalue weighted by Gasteiger charge is 2.17. The summed E-state index contributed by atoms with van der Waals surface area (Å²) in [5.41, 5.74) is 2.06. The molecule has 1 saturated heterocycles. The number of para-hydroxylation sites is 2. The molecule has 4 heteroatoms. The molecular weight excluding hydrogens is 356 g/mol. The Morgan fingerprint density at radius 1 is 0.926 bits per heavy atom. The van der Waals surface area contributed by atoms with E-state index in [1.165, 1.54) is 36.7 Å². The zero-order valence-electron chi connectivity index (χ0n) is 16.1. The van der Waals surface area contributed by atoms with Crippen LogP contribution in [0.15, 0.2) is 48.5 Å². The number of carbonyl (C=O) groups is 1. The Morgan fingerprint density at radius 2 is 1.48 bits per heavy atom. The van der Waals surface area contributed by atoms with Crippen LogP contribution in [0.3, 0.4) is 0 Å². The van der Waals surface area contributed by atoms with Crippen LogP contribution in [0.1, 0.15) is 43.8 Å². The molecule has 3 aromatic rings. The molecule has 0 N–H and O–H groups in total. The van der Waals surface area contributed by atoms with Gasteiger partial charge >= 0.3 is 0 Å². The van der Waals surface area contributed by atoms with Gasteiger partial charge in [-0.3, -0.25) is 9.36 Å². The van der Waals surface area contributed by atoms with Crippen molar-refractivity contribution in [2.24, 2.45) is 5.92 Å². The lowest BCUT2D eigenvalue weighted by atomic mass is 9.99. The summed E-state index contributed by atoms with van der Waals surface area (Å²) >= 11 is 0. The molecule has 0 bridgehead atoms. The number of aromatic nitrogens is 1. The van der Waals surface area contributed by atoms with E-state index in [4.69, 9.17) is 0 Å². The third kappa shape index (κ3) is 4.20. The topological polar surface area (TPSA) is 25.2 Å². The minimum absolute atomic E-state index is 0. The maximum absolute atomic E-state index is 13.0. The van der Waals surface area contributed by atoms with E-state index in [2.05, 4.69) is 36.1 Å². The molecule has 0 atom stereocenters. The zero-order chi connectivity index (χ0) is 17.9. The molecule has 0 radical (unpaired) electrons. The van der Waals surface area contributed by atoms with Gasteiger partial charge in [0.25, 0.3) is 0 Å². The van der Waals surface area contributed by atoms with E-state index < -0.39 is 0 Å². The van der Waals surface area contributed by atoms with Gasteiger partial charge in [0.1, 0.15) is 0 Å². The number of halogens is 1. The van der Waals surface area contributed by atoms with Crippen LogP contribution < -0.4 is 0 Å². The lowest BCUT2D eigenvalue weighted by molar-refractivity contribution is 0.0907. The Morgan fingerprint density at radius 3 is 2.07 bits per heavy atom. The second kappa shape index (κ2) is 8.90. The van der Waals surface area contributed by atoms with Gasteiger partial charge in [0, 0.05) is 17.2 Å². The van der Waals surface area contributed by atoms with Gasteiger partial charge in [0.05, 0.1) is 11.0 Å². The minimum atomic E-state index is 0. The highest BCUT2D eigenvalue weighted by atomic mass is 35.5. The van der Waals surface area contributed by atoms with Crippen molar-refractivity contribution in [1.29, 1.82) is 0 Å². The first-order chi connectivity index (χ1) is 12.7. The first kappa shape index (κ1) is 19.9. The lowest BCUT2D eigenvalue weighted by Gasteiger charge is -2.30. The molecule has 0 aliphatic carbocycles. The summed E-state index contributed by atoms with van der Waals surface area (Å²) in [7, 11) is 0. The van der Waals surface area contributed by atoms with Crippen molar-refractivity contribution in [3.8, 4) is 0 Å². The summed E-state index contributed by atoms with van der Waals surface area (Å²) in [6.07, 6.45) is 5.33. The molecule has 1 aliphatic rings. The average Bonchev–Trinajstić information content (AvgIpc) is 3.01. The first-order valence-corrected chi connectivity index (χ1v) is 9.98. The summed E-state index contributed by atoms with van der Waals surface area (Å²) < 4.78 is 1.92. The van der Waals surface area contributed by atoms with E-state index in [9.17, 15) is 4.79 Å². The highest BCUT2D eigenvalue weighted by Crippen LogP contribution is 2.29. The van der Waals surface area contributed by atoms with E-state index in [-0.39, 0.29) is 18.3 Å². The van der Waals surface area contributed by atoms with Crippen LogP contribution in [0.2, 0.25) is 0 Å². The standard InChI is InChI=1S/C23H28N2O.ClH/c1-18-13-16-24(17-14-18)15-7-6-12-23(26)25-21-10-4-2-8-19(21)20-9-3-5-11-22(20)25;/h2-5,8-11,18H,6-7,12-17H2,1H3;1H. The molecule has 1 aliphatic heterocycles. The van der Waals surface area contributed by atoms with E-state index in [1.807, 2.05) is 28.8 Å². The fourth-order valence-electron chi connectivity index (χ4n) is 4.20. The zero-order valence-corrected chi connectivity index (χ0v) is 16.9. The SMILES string of the molecule is CC1CCN(CCCCC(=O)n2c3ccccc3c3ccccc32)CC1.Cl. The van der Waals surface area contributed by atoms with Crippen molar-refractivity contribution in [2.45, 2.75) is 39.0 Å². The number of carbonyl (C=O) groups excluding carboxylic acids is 1. The lowest BCUT2D eigenvalue weighted by Crippen LogP contribution is -2.33. The third-order valence-corrected chi connectivity index (χ3v) is 5.82. The summed E-state index contributed by atoms with van der Waals surface area (Å²) in [5, 5.41) is 2.33. The Kier molecular flexibility index (Phi) is 6.56. The van der Waals surface area contributed by atoms with E-state index in [0.29, 0.717) is 6.42 Å². The second-order valence-electron chi connectivity index (χ2n) is 7.74. The maximum Gasteiger partial charge on any atom is 0.231 e. The Hall–Kier alpha value is -1.84. The van der Waals surface area contributed by atoms with Crippen molar-refractivity contribution in [3.63, 3.8) is 0 Å². The second-order valence-corrected chi connectivity index (χ2v) is 7.74. The fourth-order valence-corrected chi connectivity index (χ4v) is 4.20. The molecule has 1 fully saturated rings. The summed E-state index contributed by atoms with van der Waals surface area (Å²) in [6.45, 7) is 5.93. The van der Waals surface area contributed by atoms with Crippen LogP contribution in [0.25, 0.3) is 21.8 Å². The van der Waals surface area contributed by atoms with Gasteiger partial charge < -0.3 is 4.90 Å². The smallest absolute Gasteiger partial charge is 0.231 e. The van der Waals surface area contributed by atoms with Crippen molar-refractivity contribution in [1.82, 2.24) is 9.47 Å². The maximum atomic E-state index is 13.0. The van der Waals surface area contributed by atoms with E-state index in [0.717, 1.165) is 36.3 Å². The molecule has 27 heavy (non-hydrogen) atoms. The van der Waals surface area contributed by atoms with Crippen LogP contribution >= 0.6 is 12.4 Å². The van der Waals surface area contributed by atoms with Gasteiger partial charge in [-0.1, -0.05) is 43.3 Å². The van der Waals surface area contributed by atoms with Gasteiger partial charge in [-0.05, 0) is 63.4 Å². The van der Waals surface area contributed by atoms with Gasteiger partial charge in [-0.2, -0.15) is 0 Å². The molecule has 0 saturated carbocycles. The minimum Gasteiger partial charge on any atom is -0.303 e. The predicted molar refractivity (Wildman–Crippen MR) is 116 cm³/mol. The average molecular weight is 385 g/mol. The first-order valence-electron chi connectivity index (χ1n) is 9.98. The Labute approximate surface area is 167 Å². The number of rotatable bonds is 5. The number of nitrogens with zero attached hydrogens (tertiary/aromatic N) is 2. The molecular formula is C23H29ClN2O. The van der Waals surface area contributed by atoms with Crippen LogP contribution in [0.5, 0.6) is 0 Å². The van der Waals surface area contributed by atoms with Crippen molar-refractivity contribution in [2.75, 3.05) is 19.6 Å². The van der Waals surface area contributed by atoms with Crippen LogP contribution in [-0.4, -0.2) is 35.0 Å². The van der Waals surface area contributed by atoms with Gasteiger partial charge in [0.15, 0.2) is 0 Å². The van der Waals surface area contributed by atoms with Gasteiger partial charge in [0.2, 0.25) is 5.91 Å². The number of hydrogen-bond acceptors (Lipinski definition) is 2. The molecule has 2 heterocycles. The van der Waals surface area contributed by atoms with Gasteiger partial charge in [-0.25, -0.2) is 0 Å². The number of hydrogen-bond donors (Lipinski definition) is 0. The molecule has 3 nitrogen and oxygen atoms in total. The highest BCUT2D eigenvalue weighted by molar-refractivity contribution is 6.13. The summed E-state index contributed by atoms with van der Waals surface area (Å²) in [6, 6.07) is 16.5. The predicted octanol–water partition coefficient (Wildman–Crippen LogP) is 5.76. The summed E-state index contributed by atoms with van der Waals surface area (Å²) in [4.78, 5) is 15.5. The van der Waals surface area contributed by atoms with Crippen molar-refractivity contribution in [3.05, 3.63) is 48.5 Å². The third-order valence-electron chi connectivity index (χ3n) is 5.82. The monoisotopic (exact) mass is 384 g/mol. The van der Waals surface area contributed by atoms with Crippen LogP contribution in [0.4, 0.5) is 0 Å². The Bertz CT molecular complexity index is 856. The van der Waals surface area contributed by atoms with Crippen LogP contribution in [0, 0.1) is 5.92 Å². The van der Waals surface area contributed by atoms with E-state index >= 15 is 0 Å².